The lowest BCUT2D eigenvalue weighted by Gasteiger charge is -2.49. The van der Waals surface area contributed by atoms with E-state index >= 15 is 0 Å². The first-order valence-electron chi connectivity index (χ1n) is 15.8. The molecular formula is C36H37N5O8S2. The normalized spacial score (nSPS) is 17.6. The van der Waals surface area contributed by atoms with Gasteiger partial charge in [0, 0.05) is 11.1 Å². The van der Waals surface area contributed by atoms with Crippen molar-refractivity contribution in [3.05, 3.63) is 107 Å². The van der Waals surface area contributed by atoms with Crippen LogP contribution in [0.3, 0.4) is 0 Å². The molecule has 1 saturated heterocycles. The minimum absolute atomic E-state index is 0.0211. The van der Waals surface area contributed by atoms with Crippen LogP contribution in [0.5, 0.6) is 0 Å². The minimum atomic E-state index is -1.61. The molecule has 1 aromatic heterocycles. The number of carbonyl (C=O) groups is 5. The number of esters is 2. The number of aromatic nitrogens is 1. The van der Waals surface area contributed by atoms with Crippen molar-refractivity contribution in [2.45, 2.75) is 63.3 Å². The largest absolute Gasteiger partial charge is 0.457 e. The van der Waals surface area contributed by atoms with E-state index in [0.717, 1.165) is 22.5 Å². The Morgan fingerprint density at radius 3 is 2.24 bits per heavy atom. The molecule has 0 radical (unpaired) electrons. The number of anilines is 1. The number of ether oxygens (including phenoxy) is 2. The summed E-state index contributed by atoms with van der Waals surface area (Å²) in [6.45, 7) is 11.8. The van der Waals surface area contributed by atoms with E-state index in [1.807, 2.05) is 60.7 Å². The Bertz CT molecular complexity index is 1850. The summed E-state index contributed by atoms with van der Waals surface area (Å²) in [6, 6.07) is 17.5. The smallest absolute Gasteiger partial charge is 0.356 e. The van der Waals surface area contributed by atoms with E-state index in [2.05, 4.69) is 27.4 Å². The van der Waals surface area contributed by atoms with Gasteiger partial charge in [0.15, 0.2) is 16.9 Å². The number of thioether (sulfide) groups is 1. The van der Waals surface area contributed by atoms with Crippen LogP contribution in [0.25, 0.3) is 0 Å². The van der Waals surface area contributed by atoms with Crippen molar-refractivity contribution in [3.8, 4) is 0 Å². The third-order valence-electron chi connectivity index (χ3n) is 7.55. The number of nitrogens with zero attached hydrogens (tertiary/aromatic N) is 3. The van der Waals surface area contributed by atoms with Crippen LogP contribution in [0.4, 0.5) is 5.13 Å². The molecule has 3 heterocycles. The number of hydrogen-bond donors (Lipinski definition) is 2. The molecule has 266 valence electrons. The maximum absolute atomic E-state index is 13.9. The van der Waals surface area contributed by atoms with Crippen LogP contribution >= 0.6 is 23.1 Å². The maximum atomic E-state index is 13.9. The molecule has 0 saturated carbocycles. The fraction of sp³-hybridized carbons (Fsp3) is 0.306. The first kappa shape index (κ1) is 37.0. The van der Waals surface area contributed by atoms with Gasteiger partial charge in [-0.25, -0.2) is 14.6 Å². The summed E-state index contributed by atoms with van der Waals surface area (Å²) in [7, 11) is 0. The number of amides is 3. The van der Waals surface area contributed by atoms with E-state index in [-0.39, 0.29) is 22.2 Å². The molecule has 1 fully saturated rings. The van der Waals surface area contributed by atoms with Crippen molar-refractivity contribution in [2.75, 3.05) is 11.1 Å². The molecule has 3 aromatic rings. The summed E-state index contributed by atoms with van der Waals surface area (Å²) in [6.07, 6.45) is 1.19. The molecule has 0 bridgehead atoms. The number of allylic oxidation sites excluding steroid dienone is 1. The highest BCUT2D eigenvalue weighted by Crippen LogP contribution is 2.42. The van der Waals surface area contributed by atoms with Crippen molar-refractivity contribution >= 4 is 64.1 Å². The third kappa shape index (κ3) is 8.37. The van der Waals surface area contributed by atoms with Gasteiger partial charge < -0.3 is 24.9 Å². The lowest BCUT2D eigenvalue weighted by atomic mass is 10.0. The molecule has 2 aliphatic rings. The van der Waals surface area contributed by atoms with Crippen molar-refractivity contribution in [2.24, 2.45) is 5.16 Å². The van der Waals surface area contributed by atoms with Crippen LogP contribution in [-0.2, 0) is 38.3 Å². The zero-order valence-corrected chi connectivity index (χ0v) is 30.2. The van der Waals surface area contributed by atoms with Crippen molar-refractivity contribution in [1.29, 1.82) is 0 Å². The fourth-order valence-electron chi connectivity index (χ4n) is 5.05. The maximum Gasteiger partial charge on any atom is 0.356 e. The average molecular weight is 732 g/mol. The van der Waals surface area contributed by atoms with Crippen LogP contribution < -0.4 is 10.6 Å². The van der Waals surface area contributed by atoms with E-state index in [0.29, 0.717) is 17.7 Å². The second kappa shape index (κ2) is 15.3. The predicted octanol–water partition coefficient (Wildman–Crippen LogP) is 4.73. The summed E-state index contributed by atoms with van der Waals surface area (Å²) < 4.78 is 11.5. The number of benzene rings is 2. The van der Waals surface area contributed by atoms with Gasteiger partial charge in [-0.2, -0.15) is 0 Å². The van der Waals surface area contributed by atoms with Gasteiger partial charge in [0.1, 0.15) is 28.4 Å². The fourth-order valence-corrected chi connectivity index (χ4v) is 7.04. The number of hydrogen-bond acceptors (Lipinski definition) is 12. The van der Waals surface area contributed by atoms with E-state index in [4.69, 9.17) is 14.3 Å². The van der Waals surface area contributed by atoms with Crippen LogP contribution in [-0.4, -0.2) is 74.1 Å². The topological polar surface area (TPSA) is 166 Å². The Morgan fingerprint density at radius 1 is 1.04 bits per heavy atom. The molecule has 5 rings (SSSR count). The highest BCUT2D eigenvalue weighted by atomic mass is 32.2. The molecule has 15 heteroatoms. The molecular weight excluding hydrogens is 695 g/mol. The van der Waals surface area contributed by atoms with Crippen LogP contribution in [0.15, 0.2) is 95.1 Å². The van der Waals surface area contributed by atoms with E-state index in [1.165, 1.54) is 42.0 Å². The van der Waals surface area contributed by atoms with E-state index in [1.54, 1.807) is 20.8 Å². The Hall–Kier alpha value is -5.28. The highest BCUT2D eigenvalue weighted by Gasteiger charge is 2.55. The van der Waals surface area contributed by atoms with Gasteiger partial charge in [0.2, 0.25) is 12.0 Å². The standard InChI is InChI=1S/C36H37N5O8S2/c1-7-21-18-50-31-26(30(44)41(31)27(21)32(45)47-28(22-14-10-8-11-15-22)23-16-12-9-13-17-23)39-29(43)25(24-19-51-34(38-24)37-20-42)40-49-36(5,6)33(46)48-35(2,3)4/h7-17,19-20,26,28,31H,1,18H2,2-6H3,(H,39,43)(H,37,38,42)/t26?,31-/m1/s1. The molecule has 51 heavy (non-hydrogen) atoms. The van der Waals surface area contributed by atoms with Crippen molar-refractivity contribution in [3.63, 3.8) is 0 Å². The number of rotatable bonds is 13. The van der Waals surface area contributed by atoms with Crippen LogP contribution in [0, 0.1) is 0 Å². The molecule has 2 N–H and O–H groups in total. The molecule has 0 aliphatic carbocycles. The van der Waals surface area contributed by atoms with Gasteiger partial charge in [-0.05, 0) is 51.3 Å². The van der Waals surface area contributed by atoms with Gasteiger partial charge in [-0.3, -0.25) is 19.3 Å². The molecule has 0 spiro atoms. The van der Waals surface area contributed by atoms with Crippen molar-refractivity contribution in [1.82, 2.24) is 15.2 Å². The zero-order valence-electron chi connectivity index (χ0n) is 28.6. The third-order valence-corrected chi connectivity index (χ3v) is 9.63. The lowest BCUT2D eigenvalue weighted by molar-refractivity contribution is -0.179. The number of fused-ring (bicyclic) bond motifs is 1. The Kier molecular flexibility index (Phi) is 11.1. The monoisotopic (exact) mass is 731 g/mol. The second-order valence-electron chi connectivity index (χ2n) is 12.9. The Labute approximate surface area is 303 Å². The van der Waals surface area contributed by atoms with Gasteiger partial charge in [-0.1, -0.05) is 78.5 Å². The van der Waals surface area contributed by atoms with Crippen LogP contribution in [0.1, 0.15) is 57.5 Å². The average Bonchev–Trinajstić information content (AvgIpc) is 3.56. The van der Waals surface area contributed by atoms with Crippen molar-refractivity contribution < 1.29 is 38.3 Å². The first-order chi connectivity index (χ1) is 24.2. The molecule has 13 nitrogen and oxygen atoms in total. The van der Waals surface area contributed by atoms with Gasteiger partial charge in [-0.15, -0.1) is 23.1 Å². The SMILES string of the molecule is C=CC1=C(C(=O)OC(c2ccccc2)c2ccccc2)N2C(=O)C(NC(=O)C(=NOC(C)(C)C(=O)OC(C)(C)C)c3csc(NC=O)n3)[C@H]2SC1. The van der Waals surface area contributed by atoms with Crippen LogP contribution in [0.2, 0.25) is 0 Å². The lowest BCUT2D eigenvalue weighted by Crippen LogP contribution is -2.71. The molecule has 2 aromatic carbocycles. The highest BCUT2D eigenvalue weighted by molar-refractivity contribution is 8.00. The quantitative estimate of drug-likeness (QED) is 0.0826. The number of nitrogens with one attached hydrogen (secondary N) is 2. The summed E-state index contributed by atoms with van der Waals surface area (Å²) >= 11 is 2.36. The molecule has 3 amide bonds. The summed E-state index contributed by atoms with van der Waals surface area (Å²) in [5.74, 6) is -2.53. The minimum Gasteiger partial charge on any atom is -0.457 e. The zero-order chi connectivity index (χ0) is 36.9. The molecule has 2 atom stereocenters. The number of β-lactam (4-membered cyclic amide) rings is 1. The van der Waals surface area contributed by atoms with Gasteiger partial charge >= 0.3 is 11.9 Å². The number of carbonyl (C=O) groups excluding carboxylic acids is 5. The van der Waals surface area contributed by atoms with Gasteiger partial charge in [0.05, 0.1) is 0 Å². The molecule has 1 unspecified atom stereocenters. The Morgan fingerprint density at radius 2 is 1.67 bits per heavy atom. The van der Waals surface area contributed by atoms with E-state index < -0.39 is 52.5 Å². The molecule has 2 aliphatic heterocycles. The predicted molar refractivity (Wildman–Crippen MR) is 192 cm³/mol. The Balaban J connectivity index is 1.38. The number of oxime groups is 1. The number of thiazole rings is 1. The van der Waals surface area contributed by atoms with Gasteiger partial charge in [0.25, 0.3) is 11.8 Å². The first-order valence-corrected chi connectivity index (χ1v) is 17.7. The second-order valence-corrected chi connectivity index (χ2v) is 14.9. The summed E-state index contributed by atoms with van der Waals surface area (Å²) in [5.41, 5.74) is -0.709. The van der Waals surface area contributed by atoms with E-state index in [9.17, 15) is 24.0 Å². The summed E-state index contributed by atoms with van der Waals surface area (Å²) in [5, 5.41) is 10.1. The summed E-state index contributed by atoms with van der Waals surface area (Å²) in [4.78, 5) is 76.3.